The largest absolute Gasteiger partial charge is 0.443 e. The Morgan fingerprint density at radius 3 is 2.56 bits per heavy atom. The summed E-state index contributed by atoms with van der Waals surface area (Å²) in [5.74, 6) is -0.220. The molecule has 2 aromatic carbocycles. The van der Waals surface area contributed by atoms with Crippen molar-refractivity contribution in [1.82, 2.24) is 30.2 Å². The summed E-state index contributed by atoms with van der Waals surface area (Å²) >= 11 is 0. The average molecular weight is 473 g/mol. The molecule has 0 aliphatic rings. The van der Waals surface area contributed by atoms with Crippen molar-refractivity contribution in [3.63, 3.8) is 0 Å². The van der Waals surface area contributed by atoms with Crippen LogP contribution >= 0.6 is 0 Å². The average Bonchev–Trinajstić information content (AvgIpc) is 3.46. The molecule has 36 heavy (non-hydrogen) atoms. The van der Waals surface area contributed by atoms with E-state index in [4.69, 9.17) is 10.2 Å². The molecule has 0 bridgehead atoms. The SMILES string of the molecule is Nc1nc(-c2ncco2)c(-c2ccc3ncccc3c2)nc1C(=O)NCc1cccc2cccnc12. The number of pyridine rings is 2. The topological polar surface area (TPSA) is 133 Å². The molecule has 1 amide bonds. The van der Waals surface area contributed by atoms with Crippen LogP contribution in [-0.4, -0.2) is 30.8 Å². The zero-order valence-corrected chi connectivity index (χ0v) is 18.9. The van der Waals surface area contributed by atoms with Crippen LogP contribution in [0.2, 0.25) is 0 Å². The quantitative estimate of drug-likeness (QED) is 0.376. The number of nitrogens with zero attached hydrogens (tertiary/aromatic N) is 5. The van der Waals surface area contributed by atoms with Crippen molar-refractivity contribution in [3.8, 4) is 22.8 Å². The monoisotopic (exact) mass is 473 g/mol. The van der Waals surface area contributed by atoms with Crippen LogP contribution in [0.4, 0.5) is 5.82 Å². The number of oxazole rings is 1. The molecule has 9 heteroatoms. The summed E-state index contributed by atoms with van der Waals surface area (Å²) in [6.45, 7) is 0.257. The van der Waals surface area contributed by atoms with E-state index in [9.17, 15) is 4.79 Å². The summed E-state index contributed by atoms with van der Waals surface area (Å²) in [5, 5.41) is 4.81. The Balaban J connectivity index is 1.39. The summed E-state index contributed by atoms with van der Waals surface area (Å²) in [6.07, 6.45) is 6.42. The van der Waals surface area contributed by atoms with Gasteiger partial charge in [0.2, 0.25) is 5.89 Å². The number of carbonyl (C=O) groups is 1. The minimum absolute atomic E-state index is 0.0137. The van der Waals surface area contributed by atoms with Crippen LogP contribution in [0.1, 0.15) is 16.1 Å². The molecule has 0 atom stereocenters. The predicted molar refractivity (Wildman–Crippen MR) is 136 cm³/mol. The van der Waals surface area contributed by atoms with Crippen LogP contribution in [0.25, 0.3) is 44.6 Å². The molecule has 3 N–H and O–H groups in total. The maximum atomic E-state index is 13.2. The van der Waals surface area contributed by atoms with Crippen molar-refractivity contribution in [2.45, 2.75) is 6.54 Å². The second kappa shape index (κ2) is 8.88. The normalized spacial score (nSPS) is 11.1. The molecule has 6 aromatic rings. The van der Waals surface area contributed by atoms with E-state index in [1.807, 2.05) is 60.7 Å². The lowest BCUT2D eigenvalue weighted by Crippen LogP contribution is -2.26. The van der Waals surface area contributed by atoms with Gasteiger partial charge in [0, 0.05) is 35.3 Å². The van der Waals surface area contributed by atoms with Crippen LogP contribution in [-0.2, 0) is 6.54 Å². The van der Waals surface area contributed by atoms with Crippen LogP contribution in [0, 0.1) is 0 Å². The number of nitrogens with two attached hydrogens (primary N) is 1. The van der Waals surface area contributed by atoms with Gasteiger partial charge in [-0.1, -0.05) is 36.4 Å². The zero-order valence-electron chi connectivity index (χ0n) is 18.9. The Bertz CT molecular complexity index is 1730. The summed E-state index contributed by atoms with van der Waals surface area (Å²) in [6, 6.07) is 19.2. The van der Waals surface area contributed by atoms with Crippen molar-refractivity contribution in [3.05, 3.63) is 96.8 Å². The molecular formula is C27H19N7O2. The standard InChI is InChI=1S/C27H19N7O2/c28-25-24(26(35)32-15-19-5-1-4-16-6-2-11-30-21(16)19)33-22(23(34-25)27-31-12-13-36-27)18-8-9-20-17(14-18)7-3-10-29-20/h1-14H,15H2,(H2,28,34)(H,32,35). The molecule has 0 saturated heterocycles. The van der Waals surface area contributed by atoms with E-state index in [-0.39, 0.29) is 23.9 Å². The van der Waals surface area contributed by atoms with E-state index >= 15 is 0 Å². The Morgan fingerprint density at radius 2 is 1.69 bits per heavy atom. The van der Waals surface area contributed by atoms with Crippen LogP contribution < -0.4 is 11.1 Å². The van der Waals surface area contributed by atoms with Gasteiger partial charge in [-0.25, -0.2) is 15.0 Å². The maximum Gasteiger partial charge on any atom is 0.274 e. The number of hydrogen-bond donors (Lipinski definition) is 2. The summed E-state index contributed by atoms with van der Waals surface area (Å²) in [4.78, 5) is 35.3. The van der Waals surface area contributed by atoms with E-state index in [2.05, 4.69) is 30.2 Å². The van der Waals surface area contributed by atoms with Gasteiger partial charge in [-0.3, -0.25) is 14.8 Å². The number of rotatable bonds is 5. The minimum Gasteiger partial charge on any atom is -0.443 e. The first kappa shape index (κ1) is 21.4. The number of benzene rings is 2. The Morgan fingerprint density at radius 1 is 0.861 bits per heavy atom. The van der Waals surface area contributed by atoms with Gasteiger partial charge in [-0.05, 0) is 29.8 Å². The fourth-order valence-electron chi connectivity index (χ4n) is 4.10. The highest BCUT2D eigenvalue weighted by Crippen LogP contribution is 2.31. The molecule has 0 fully saturated rings. The van der Waals surface area contributed by atoms with Crippen molar-refractivity contribution in [2.75, 3.05) is 5.73 Å². The number of hydrogen-bond acceptors (Lipinski definition) is 8. The molecule has 0 aliphatic heterocycles. The molecule has 0 radical (unpaired) electrons. The third-order valence-corrected chi connectivity index (χ3v) is 5.80. The van der Waals surface area contributed by atoms with Crippen molar-refractivity contribution in [2.24, 2.45) is 0 Å². The van der Waals surface area contributed by atoms with Crippen molar-refractivity contribution >= 4 is 33.5 Å². The molecular weight excluding hydrogens is 454 g/mol. The molecule has 0 unspecified atom stereocenters. The first-order valence-corrected chi connectivity index (χ1v) is 11.2. The number of para-hydroxylation sites is 1. The van der Waals surface area contributed by atoms with Gasteiger partial charge in [-0.15, -0.1) is 0 Å². The molecule has 174 valence electrons. The number of fused-ring (bicyclic) bond motifs is 2. The second-order valence-corrected chi connectivity index (χ2v) is 8.08. The van der Waals surface area contributed by atoms with E-state index in [1.165, 1.54) is 12.5 Å². The highest BCUT2D eigenvalue weighted by Gasteiger charge is 2.22. The van der Waals surface area contributed by atoms with Gasteiger partial charge in [-0.2, -0.15) is 0 Å². The smallest absolute Gasteiger partial charge is 0.274 e. The minimum atomic E-state index is -0.449. The van der Waals surface area contributed by atoms with E-state index in [0.29, 0.717) is 11.4 Å². The van der Waals surface area contributed by atoms with Gasteiger partial charge < -0.3 is 15.5 Å². The van der Waals surface area contributed by atoms with Gasteiger partial charge in [0.25, 0.3) is 5.91 Å². The maximum absolute atomic E-state index is 13.2. The van der Waals surface area contributed by atoms with Gasteiger partial charge in [0.15, 0.2) is 17.2 Å². The lowest BCUT2D eigenvalue weighted by Gasteiger charge is -2.12. The predicted octanol–water partition coefficient (Wildman–Crippen LogP) is 4.41. The number of aromatic nitrogens is 5. The molecule has 9 nitrogen and oxygen atoms in total. The zero-order chi connectivity index (χ0) is 24.5. The number of anilines is 1. The van der Waals surface area contributed by atoms with E-state index in [1.54, 1.807) is 12.4 Å². The summed E-state index contributed by atoms with van der Waals surface area (Å²) < 4.78 is 5.48. The first-order chi connectivity index (χ1) is 17.7. The summed E-state index contributed by atoms with van der Waals surface area (Å²) in [5.41, 5.74) is 10.2. The molecule has 6 rings (SSSR count). The number of nitrogen functional groups attached to an aromatic ring is 1. The second-order valence-electron chi connectivity index (χ2n) is 8.08. The Labute approximate surface area is 205 Å². The fraction of sp³-hybridized carbons (Fsp3) is 0.0370. The lowest BCUT2D eigenvalue weighted by molar-refractivity contribution is 0.0947. The summed E-state index contributed by atoms with van der Waals surface area (Å²) in [7, 11) is 0. The highest BCUT2D eigenvalue weighted by molar-refractivity contribution is 5.98. The third kappa shape index (κ3) is 3.88. The molecule has 4 heterocycles. The lowest BCUT2D eigenvalue weighted by atomic mass is 10.1. The first-order valence-electron chi connectivity index (χ1n) is 11.2. The van der Waals surface area contributed by atoms with Gasteiger partial charge in [0.05, 0.1) is 17.2 Å². The molecule has 0 spiro atoms. The van der Waals surface area contributed by atoms with Crippen molar-refractivity contribution < 1.29 is 9.21 Å². The molecule has 0 aliphatic carbocycles. The van der Waals surface area contributed by atoms with Crippen LogP contribution in [0.5, 0.6) is 0 Å². The number of amides is 1. The molecule has 0 saturated carbocycles. The fourth-order valence-corrected chi connectivity index (χ4v) is 4.10. The van der Waals surface area contributed by atoms with Crippen molar-refractivity contribution in [1.29, 1.82) is 0 Å². The van der Waals surface area contributed by atoms with Gasteiger partial charge >= 0.3 is 0 Å². The van der Waals surface area contributed by atoms with Gasteiger partial charge in [0.1, 0.15) is 12.0 Å². The number of nitrogens with one attached hydrogen (secondary N) is 1. The Hall–Kier alpha value is -5.18. The van der Waals surface area contributed by atoms with Crippen LogP contribution in [0.15, 0.2) is 89.9 Å². The molecule has 4 aromatic heterocycles. The number of carbonyl (C=O) groups excluding carboxylic acids is 1. The highest BCUT2D eigenvalue weighted by atomic mass is 16.3. The van der Waals surface area contributed by atoms with E-state index < -0.39 is 5.91 Å². The third-order valence-electron chi connectivity index (χ3n) is 5.80. The van der Waals surface area contributed by atoms with Crippen LogP contribution in [0.3, 0.4) is 0 Å². The Kier molecular flexibility index (Phi) is 5.27. The van der Waals surface area contributed by atoms with E-state index in [0.717, 1.165) is 32.9 Å².